The van der Waals surface area contributed by atoms with Gasteiger partial charge in [0.05, 0.1) is 35.6 Å². The Morgan fingerprint density at radius 3 is 2.73 bits per heavy atom. The number of cyclic esters (lactones) is 1. The minimum absolute atomic E-state index is 0.205. The number of rotatable bonds is 4. The first kappa shape index (κ1) is 18.7. The Balaban J connectivity index is 1.70. The topological polar surface area (TPSA) is 74.6 Å². The van der Waals surface area contributed by atoms with Gasteiger partial charge in [0.25, 0.3) is 0 Å². The van der Waals surface area contributed by atoms with Crippen LogP contribution in [-0.4, -0.2) is 36.6 Å². The maximum atomic E-state index is 12.6. The zero-order chi connectivity index (χ0) is 20.8. The van der Waals surface area contributed by atoms with Crippen LogP contribution in [0, 0.1) is 0 Å². The van der Waals surface area contributed by atoms with Gasteiger partial charge in [0.1, 0.15) is 6.61 Å². The van der Waals surface area contributed by atoms with E-state index in [2.05, 4.69) is 21.2 Å². The molecule has 3 aromatic rings. The van der Waals surface area contributed by atoms with Gasteiger partial charge < -0.3 is 19.5 Å². The van der Waals surface area contributed by atoms with Crippen molar-refractivity contribution in [3.63, 3.8) is 0 Å². The number of benzene rings is 2. The van der Waals surface area contributed by atoms with Crippen molar-refractivity contribution in [2.24, 2.45) is 0 Å². The molecule has 0 saturated heterocycles. The van der Waals surface area contributed by atoms with Crippen LogP contribution in [0.5, 0.6) is 11.5 Å². The van der Waals surface area contributed by atoms with Gasteiger partial charge in [-0.3, -0.25) is 0 Å². The lowest BCUT2D eigenvalue weighted by atomic mass is 9.83. The summed E-state index contributed by atoms with van der Waals surface area (Å²) in [6, 6.07) is 13.7. The van der Waals surface area contributed by atoms with Crippen LogP contribution in [-0.2, 0) is 9.53 Å². The van der Waals surface area contributed by atoms with Crippen molar-refractivity contribution in [2.75, 3.05) is 26.1 Å². The van der Waals surface area contributed by atoms with Crippen molar-refractivity contribution in [1.82, 2.24) is 9.78 Å². The van der Waals surface area contributed by atoms with E-state index in [0.717, 1.165) is 27.0 Å². The zero-order valence-electron chi connectivity index (χ0n) is 16.3. The van der Waals surface area contributed by atoms with Gasteiger partial charge in [-0.05, 0) is 45.8 Å². The molecule has 0 spiro atoms. The molecular weight excluding hydrogens is 450 g/mol. The highest BCUT2D eigenvalue weighted by Crippen LogP contribution is 2.47. The molecule has 0 bridgehead atoms. The summed E-state index contributed by atoms with van der Waals surface area (Å²) >= 11 is 3.56. The monoisotopic (exact) mass is 467 g/mol. The van der Waals surface area contributed by atoms with E-state index >= 15 is 0 Å². The molecule has 0 amide bonds. The molecule has 8 heteroatoms. The number of esters is 1. The van der Waals surface area contributed by atoms with E-state index in [1.807, 2.05) is 53.3 Å². The maximum Gasteiger partial charge on any atom is 0.337 e. The van der Waals surface area contributed by atoms with Crippen LogP contribution in [0.4, 0.5) is 5.82 Å². The third-order valence-electron chi connectivity index (χ3n) is 5.31. The van der Waals surface area contributed by atoms with Crippen LogP contribution < -0.4 is 14.8 Å². The Hall–Kier alpha value is -3.26. The van der Waals surface area contributed by atoms with Gasteiger partial charge in [-0.2, -0.15) is 0 Å². The first-order valence-electron chi connectivity index (χ1n) is 9.34. The molecule has 0 unspecified atom stereocenters. The summed E-state index contributed by atoms with van der Waals surface area (Å²) in [7, 11) is 3.17. The summed E-state index contributed by atoms with van der Waals surface area (Å²) in [6.07, 6.45) is 1.95. The molecule has 2 aromatic carbocycles. The molecule has 1 aromatic heterocycles. The van der Waals surface area contributed by atoms with Gasteiger partial charge in [-0.1, -0.05) is 18.2 Å². The molecule has 0 fully saturated rings. The Kier molecular flexibility index (Phi) is 4.51. The highest BCUT2D eigenvalue weighted by molar-refractivity contribution is 9.10. The quantitative estimate of drug-likeness (QED) is 0.584. The first-order chi connectivity index (χ1) is 14.6. The third-order valence-corrected chi connectivity index (χ3v) is 5.90. The normalized spacial score (nSPS) is 17.2. The standard InChI is InChI=1S/C22H18BrN3O4/c1-28-17-9-12(8-15(23)20(17)29-2)18-14-10-26(13-6-4-3-5-7-13)25-21(14)24-16-11-30-22(27)19(16)18/h3-10,18H,11H2,1-2H3,(H,24,25)/t18-/m1/s1. The molecule has 152 valence electrons. The molecule has 2 aliphatic heterocycles. The van der Waals surface area contributed by atoms with Crippen molar-refractivity contribution >= 4 is 27.7 Å². The van der Waals surface area contributed by atoms with Crippen molar-refractivity contribution in [3.05, 3.63) is 75.5 Å². The number of hydrogen-bond acceptors (Lipinski definition) is 6. The minimum atomic E-state index is -0.347. The summed E-state index contributed by atoms with van der Waals surface area (Å²) < 4.78 is 18.8. The van der Waals surface area contributed by atoms with Crippen molar-refractivity contribution in [1.29, 1.82) is 0 Å². The van der Waals surface area contributed by atoms with Gasteiger partial charge >= 0.3 is 5.97 Å². The first-order valence-corrected chi connectivity index (χ1v) is 10.1. The average Bonchev–Trinajstić information content (AvgIpc) is 3.35. The van der Waals surface area contributed by atoms with Crippen LogP contribution in [0.1, 0.15) is 17.0 Å². The van der Waals surface area contributed by atoms with Gasteiger partial charge in [-0.25, -0.2) is 9.48 Å². The van der Waals surface area contributed by atoms with Crippen LogP contribution in [0.25, 0.3) is 5.69 Å². The molecule has 3 heterocycles. The van der Waals surface area contributed by atoms with Crippen LogP contribution >= 0.6 is 15.9 Å². The molecule has 7 nitrogen and oxygen atoms in total. The zero-order valence-corrected chi connectivity index (χ0v) is 17.9. The van der Waals surface area contributed by atoms with E-state index in [4.69, 9.17) is 19.3 Å². The van der Waals surface area contributed by atoms with Crippen molar-refractivity contribution in [2.45, 2.75) is 5.92 Å². The van der Waals surface area contributed by atoms with Gasteiger partial charge in [0, 0.05) is 17.7 Å². The van der Waals surface area contributed by atoms with Crippen LogP contribution in [0.2, 0.25) is 0 Å². The number of halogens is 1. The molecule has 5 rings (SSSR count). The molecule has 0 saturated carbocycles. The average molecular weight is 468 g/mol. The smallest absolute Gasteiger partial charge is 0.337 e. The summed E-state index contributed by atoms with van der Waals surface area (Å²) in [5.74, 6) is 1.20. The van der Waals surface area contributed by atoms with Gasteiger partial charge in [0.15, 0.2) is 17.3 Å². The Bertz CT molecular complexity index is 1190. The number of ether oxygens (including phenoxy) is 3. The second kappa shape index (κ2) is 7.21. The third kappa shape index (κ3) is 2.87. The van der Waals surface area contributed by atoms with E-state index in [1.165, 1.54) is 0 Å². The van der Waals surface area contributed by atoms with E-state index in [9.17, 15) is 4.79 Å². The Morgan fingerprint density at radius 1 is 1.20 bits per heavy atom. The molecule has 1 N–H and O–H groups in total. The number of aromatic nitrogens is 2. The Labute approximate surface area is 181 Å². The Morgan fingerprint density at radius 2 is 2.00 bits per heavy atom. The number of carbonyl (C=O) groups excluding carboxylic acids is 1. The fourth-order valence-corrected chi connectivity index (χ4v) is 4.59. The van der Waals surface area contributed by atoms with Gasteiger partial charge in [-0.15, -0.1) is 5.10 Å². The van der Waals surface area contributed by atoms with Crippen molar-refractivity contribution in [3.8, 4) is 17.2 Å². The van der Waals surface area contributed by atoms with E-state index < -0.39 is 0 Å². The van der Waals surface area contributed by atoms with Crippen LogP contribution in [0.3, 0.4) is 0 Å². The number of nitrogens with zero attached hydrogens (tertiary/aromatic N) is 2. The second-order valence-electron chi connectivity index (χ2n) is 6.98. The molecule has 30 heavy (non-hydrogen) atoms. The van der Waals surface area contributed by atoms with Gasteiger partial charge in [0.2, 0.25) is 0 Å². The van der Waals surface area contributed by atoms with E-state index in [1.54, 1.807) is 14.2 Å². The highest BCUT2D eigenvalue weighted by atomic mass is 79.9. The summed E-state index contributed by atoms with van der Waals surface area (Å²) in [5, 5.41) is 8.00. The number of fused-ring (bicyclic) bond motifs is 1. The van der Waals surface area contributed by atoms with E-state index in [-0.39, 0.29) is 18.5 Å². The number of nitrogens with one attached hydrogen (secondary N) is 1. The lowest BCUT2D eigenvalue weighted by Gasteiger charge is -2.24. The fraction of sp³-hybridized carbons (Fsp3) is 0.182. The number of methoxy groups -OCH3 is 2. The molecule has 0 aliphatic carbocycles. The predicted molar refractivity (Wildman–Crippen MR) is 114 cm³/mol. The summed E-state index contributed by atoms with van der Waals surface area (Å²) in [4.78, 5) is 12.6. The number of hydrogen-bond donors (Lipinski definition) is 1. The summed E-state index contributed by atoms with van der Waals surface area (Å²) in [6.45, 7) is 0.205. The lowest BCUT2D eigenvalue weighted by Crippen LogP contribution is -2.19. The number of anilines is 1. The van der Waals surface area contributed by atoms with E-state index in [0.29, 0.717) is 22.9 Å². The number of para-hydroxylation sites is 1. The highest BCUT2D eigenvalue weighted by Gasteiger charge is 2.40. The lowest BCUT2D eigenvalue weighted by molar-refractivity contribution is -0.136. The second-order valence-corrected chi connectivity index (χ2v) is 7.83. The molecule has 2 aliphatic rings. The molecule has 0 radical (unpaired) electrons. The van der Waals surface area contributed by atoms with Crippen LogP contribution in [0.15, 0.2) is 64.4 Å². The van der Waals surface area contributed by atoms with Crippen molar-refractivity contribution < 1.29 is 19.0 Å². The number of carbonyl (C=O) groups is 1. The minimum Gasteiger partial charge on any atom is -0.493 e. The summed E-state index contributed by atoms with van der Waals surface area (Å²) in [5.41, 5.74) is 4.02. The molecular formula is C22H18BrN3O4. The molecule has 1 atom stereocenters. The predicted octanol–water partition coefficient (Wildman–Crippen LogP) is 4.02. The SMILES string of the molecule is COc1cc([C@H]2C3=C(COC3=O)Nc3nn(-c4ccccc4)cc32)cc(Br)c1OC. The largest absolute Gasteiger partial charge is 0.493 e. The fourth-order valence-electron chi connectivity index (χ4n) is 3.97. The maximum absolute atomic E-state index is 12.6.